The van der Waals surface area contributed by atoms with E-state index in [4.69, 9.17) is 28.4 Å². The zero-order valence-electron chi connectivity index (χ0n) is 15.4. The minimum absolute atomic E-state index is 0.137. The van der Waals surface area contributed by atoms with Gasteiger partial charge in [-0.05, 0) is 13.8 Å². The molecule has 148 valence electrons. The van der Waals surface area contributed by atoms with Crippen molar-refractivity contribution in [3.63, 3.8) is 0 Å². The molecule has 0 aromatic heterocycles. The fraction of sp³-hybridized carbons (Fsp3) is 0.579. The third-order valence-corrected chi connectivity index (χ3v) is 4.28. The van der Waals surface area contributed by atoms with Crippen molar-refractivity contribution < 1.29 is 38.0 Å². The summed E-state index contributed by atoms with van der Waals surface area (Å²) in [5.41, 5.74) is 0.897. The van der Waals surface area contributed by atoms with Gasteiger partial charge in [0.2, 0.25) is 5.92 Å². The molecule has 0 radical (unpaired) electrons. The Balaban J connectivity index is 1.65. The van der Waals surface area contributed by atoms with E-state index in [1.807, 2.05) is 30.3 Å². The summed E-state index contributed by atoms with van der Waals surface area (Å²) in [4.78, 5) is 24.4. The molecule has 2 heterocycles. The largest absolute Gasteiger partial charge is 0.465 e. The van der Waals surface area contributed by atoms with Crippen LogP contribution in [0.4, 0.5) is 0 Å². The van der Waals surface area contributed by atoms with Crippen LogP contribution in [0.25, 0.3) is 0 Å². The minimum Gasteiger partial charge on any atom is -0.465 e. The lowest BCUT2D eigenvalue weighted by Gasteiger charge is -2.42. The van der Waals surface area contributed by atoms with Gasteiger partial charge in [0.15, 0.2) is 12.6 Å². The van der Waals surface area contributed by atoms with Crippen LogP contribution in [0.5, 0.6) is 0 Å². The Morgan fingerprint density at radius 1 is 0.963 bits per heavy atom. The highest BCUT2D eigenvalue weighted by Gasteiger charge is 2.47. The molecule has 2 saturated heterocycles. The van der Waals surface area contributed by atoms with E-state index in [-0.39, 0.29) is 32.5 Å². The fourth-order valence-electron chi connectivity index (χ4n) is 2.99. The molecule has 4 atom stereocenters. The van der Waals surface area contributed by atoms with Crippen LogP contribution in [0.15, 0.2) is 30.3 Å². The zero-order valence-corrected chi connectivity index (χ0v) is 15.4. The molecule has 0 bridgehead atoms. The van der Waals surface area contributed by atoms with Gasteiger partial charge >= 0.3 is 11.9 Å². The summed E-state index contributed by atoms with van der Waals surface area (Å²) >= 11 is 0. The Morgan fingerprint density at radius 2 is 1.56 bits per heavy atom. The summed E-state index contributed by atoms with van der Waals surface area (Å²) in [5, 5.41) is 0. The maximum atomic E-state index is 12.2. The molecule has 0 N–H and O–H groups in total. The van der Waals surface area contributed by atoms with Crippen LogP contribution < -0.4 is 0 Å². The molecule has 2 fully saturated rings. The number of esters is 2. The monoisotopic (exact) mass is 380 g/mol. The molecule has 3 rings (SSSR count). The number of ether oxygens (including phenoxy) is 6. The minimum atomic E-state index is -1.31. The lowest BCUT2D eigenvalue weighted by molar-refractivity contribution is -0.345. The molecular weight excluding hydrogens is 356 g/mol. The number of rotatable bonds is 6. The second-order valence-electron chi connectivity index (χ2n) is 6.11. The van der Waals surface area contributed by atoms with Crippen molar-refractivity contribution in [1.82, 2.24) is 0 Å². The number of benzene rings is 1. The normalized spacial score (nSPS) is 27.7. The Kier molecular flexibility index (Phi) is 6.78. The van der Waals surface area contributed by atoms with Gasteiger partial charge in [-0.2, -0.15) is 0 Å². The Labute approximate surface area is 157 Å². The lowest BCUT2D eigenvalue weighted by Crippen LogP contribution is -2.55. The van der Waals surface area contributed by atoms with Gasteiger partial charge in [0.1, 0.15) is 12.2 Å². The van der Waals surface area contributed by atoms with Crippen LogP contribution >= 0.6 is 0 Å². The standard InChI is InChI=1S/C19H24O8/c1-3-22-16(20)15(17(21)23-4-2)19-25-11-13-14(27-19)10-24-18(26-13)12-8-6-5-7-9-12/h5-9,13-15,18-19H,3-4,10-11H2,1-2H3/t13-,14+,18?,19?/m0/s1. The van der Waals surface area contributed by atoms with Gasteiger partial charge in [0, 0.05) is 5.56 Å². The Bertz CT molecular complexity index is 616. The van der Waals surface area contributed by atoms with Crippen molar-refractivity contribution in [3.8, 4) is 0 Å². The van der Waals surface area contributed by atoms with Crippen molar-refractivity contribution in [1.29, 1.82) is 0 Å². The van der Waals surface area contributed by atoms with E-state index in [2.05, 4.69) is 0 Å². The number of fused-ring (bicyclic) bond motifs is 1. The molecule has 0 saturated carbocycles. The molecule has 2 unspecified atom stereocenters. The number of hydrogen-bond donors (Lipinski definition) is 0. The Morgan fingerprint density at radius 3 is 2.19 bits per heavy atom. The summed E-state index contributed by atoms with van der Waals surface area (Å²) in [5.74, 6) is -2.78. The predicted molar refractivity (Wildman–Crippen MR) is 91.4 cm³/mol. The number of hydrogen-bond acceptors (Lipinski definition) is 8. The maximum Gasteiger partial charge on any atom is 0.325 e. The van der Waals surface area contributed by atoms with Crippen molar-refractivity contribution in [2.24, 2.45) is 5.92 Å². The molecular formula is C19H24O8. The quantitative estimate of drug-likeness (QED) is 0.543. The average Bonchev–Trinajstić information content (AvgIpc) is 2.69. The van der Waals surface area contributed by atoms with E-state index in [0.29, 0.717) is 0 Å². The highest BCUT2D eigenvalue weighted by atomic mass is 16.8. The van der Waals surface area contributed by atoms with Gasteiger partial charge in [-0.25, -0.2) is 0 Å². The highest BCUT2D eigenvalue weighted by molar-refractivity contribution is 5.95. The van der Waals surface area contributed by atoms with E-state index in [0.717, 1.165) is 5.56 Å². The average molecular weight is 380 g/mol. The Hall–Kier alpha value is -2.00. The summed E-state index contributed by atoms with van der Waals surface area (Å²) < 4.78 is 33.0. The van der Waals surface area contributed by atoms with Crippen molar-refractivity contribution in [2.45, 2.75) is 38.6 Å². The van der Waals surface area contributed by atoms with Gasteiger partial charge in [0.25, 0.3) is 0 Å². The van der Waals surface area contributed by atoms with Gasteiger partial charge in [0.05, 0.1) is 26.4 Å². The fourth-order valence-corrected chi connectivity index (χ4v) is 2.99. The van der Waals surface area contributed by atoms with Gasteiger partial charge < -0.3 is 28.4 Å². The summed E-state index contributed by atoms with van der Waals surface area (Å²) in [6.45, 7) is 4.01. The number of carbonyl (C=O) groups excluding carboxylic acids is 2. The predicted octanol–water partition coefficient (Wildman–Crippen LogP) is 1.58. The number of carbonyl (C=O) groups is 2. The molecule has 0 amide bonds. The van der Waals surface area contributed by atoms with Crippen molar-refractivity contribution >= 4 is 11.9 Å². The third kappa shape index (κ3) is 4.65. The molecule has 8 heteroatoms. The van der Waals surface area contributed by atoms with Crippen LogP contribution in [0.2, 0.25) is 0 Å². The van der Waals surface area contributed by atoms with Crippen LogP contribution in [0.1, 0.15) is 25.7 Å². The molecule has 1 aromatic carbocycles. The molecule has 27 heavy (non-hydrogen) atoms. The molecule has 8 nitrogen and oxygen atoms in total. The first-order chi connectivity index (χ1) is 13.1. The highest BCUT2D eigenvalue weighted by Crippen LogP contribution is 2.32. The first-order valence-electron chi connectivity index (χ1n) is 9.06. The first-order valence-corrected chi connectivity index (χ1v) is 9.06. The first kappa shape index (κ1) is 19.8. The molecule has 2 aliphatic rings. The summed E-state index contributed by atoms with van der Waals surface area (Å²) in [6.07, 6.45) is -2.45. The zero-order chi connectivity index (χ0) is 19.2. The second-order valence-corrected chi connectivity index (χ2v) is 6.11. The molecule has 2 aliphatic heterocycles. The summed E-state index contributed by atoms with van der Waals surface area (Å²) in [7, 11) is 0. The van der Waals surface area contributed by atoms with E-state index in [1.54, 1.807) is 13.8 Å². The maximum absolute atomic E-state index is 12.2. The van der Waals surface area contributed by atoms with Crippen LogP contribution in [-0.2, 0) is 38.0 Å². The second kappa shape index (κ2) is 9.27. The van der Waals surface area contributed by atoms with Crippen molar-refractivity contribution in [3.05, 3.63) is 35.9 Å². The van der Waals surface area contributed by atoms with Crippen molar-refractivity contribution in [2.75, 3.05) is 26.4 Å². The van der Waals surface area contributed by atoms with E-state index < -0.39 is 36.5 Å². The third-order valence-electron chi connectivity index (χ3n) is 4.28. The van der Waals surface area contributed by atoms with E-state index in [1.165, 1.54) is 0 Å². The van der Waals surface area contributed by atoms with Crippen LogP contribution in [0.3, 0.4) is 0 Å². The SMILES string of the molecule is CCOC(=O)C(C(=O)OCC)C1OC[C@@H]2OC(c3ccccc3)OC[C@H]2O1. The smallest absolute Gasteiger partial charge is 0.325 e. The van der Waals surface area contributed by atoms with E-state index >= 15 is 0 Å². The van der Waals surface area contributed by atoms with Gasteiger partial charge in [-0.3, -0.25) is 9.59 Å². The van der Waals surface area contributed by atoms with Gasteiger partial charge in [-0.15, -0.1) is 0 Å². The van der Waals surface area contributed by atoms with Crippen LogP contribution in [-0.4, -0.2) is 56.9 Å². The topological polar surface area (TPSA) is 89.5 Å². The molecule has 0 aliphatic carbocycles. The summed E-state index contributed by atoms with van der Waals surface area (Å²) in [6, 6.07) is 9.55. The molecule has 0 spiro atoms. The van der Waals surface area contributed by atoms with E-state index in [9.17, 15) is 9.59 Å². The lowest BCUT2D eigenvalue weighted by atomic mass is 10.1. The molecule has 1 aromatic rings. The van der Waals surface area contributed by atoms with Gasteiger partial charge in [-0.1, -0.05) is 30.3 Å². The van der Waals surface area contributed by atoms with Crippen LogP contribution in [0, 0.1) is 5.92 Å².